The molecule has 2 bridgehead atoms. The third-order valence-electron chi connectivity index (χ3n) is 14.9. The summed E-state index contributed by atoms with van der Waals surface area (Å²) in [5.41, 5.74) is 3.06. The molecular weight excluding hydrogens is 871 g/mol. The maximum Gasteiger partial charge on any atom is 0.214 e. The van der Waals surface area contributed by atoms with Gasteiger partial charge in [-0.3, -0.25) is 14.7 Å². The number of piperidine rings is 2. The fourth-order valence-electron chi connectivity index (χ4n) is 10.8. The zero-order valence-corrected chi connectivity index (χ0v) is 45.8. The van der Waals surface area contributed by atoms with Crippen LogP contribution in [-0.2, 0) is 32.8 Å². The van der Waals surface area contributed by atoms with Crippen LogP contribution in [-0.4, -0.2) is 175 Å². The van der Waals surface area contributed by atoms with Gasteiger partial charge in [-0.1, -0.05) is 42.6 Å². The van der Waals surface area contributed by atoms with Crippen LogP contribution in [0.3, 0.4) is 0 Å². The zero-order valence-electron chi connectivity index (χ0n) is 43.4. The molecule has 1 N–H and O–H groups in total. The van der Waals surface area contributed by atoms with Gasteiger partial charge < -0.3 is 10.2 Å². The van der Waals surface area contributed by atoms with Crippen molar-refractivity contribution in [2.75, 3.05) is 81.9 Å². The summed E-state index contributed by atoms with van der Waals surface area (Å²) in [5.74, 6) is 4.28. The molecule has 9 rings (SSSR count). The van der Waals surface area contributed by atoms with Crippen LogP contribution in [0.1, 0.15) is 146 Å². The average Bonchev–Trinajstić information content (AvgIpc) is 4.08. The Labute approximate surface area is 405 Å². The monoisotopic (exact) mass is 968 g/mol. The molecule has 7 saturated heterocycles. The third kappa shape index (κ3) is 18.5. The lowest BCUT2D eigenvalue weighted by Gasteiger charge is -2.37. The maximum atomic E-state index is 11.1. The highest BCUT2D eigenvalue weighted by molar-refractivity contribution is 7.97. The number of nitrogens with zero attached hydrogens (tertiary/aromatic N) is 6. The Morgan fingerprint density at radius 1 is 0.554 bits per heavy atom. The van der Waals surface area contributed by atoms with Gasteiger partial charge in [-0.25, -0.2) is 21.1 Å². The Hall–Kier alpha value is -0.810. The highest BCUT2D eigenvalue weighted by atomic mass is 32.2. The zero-order chi connectivity index (χ0) is 47.9. The van der Waals surface area contributed by atoms with E-state index in [2.05, 4.69) is 123 Å². The van der Waals surface area contributed by atoms with Crippen molar-refractivity contribution in [2.24, 2.45) is 11.8 Å². The lowest BCUT2D eigenvalue weighted by atomic mass is 9.88. The molecular formula is C51H97N7O4S3. The first-order valence-corrected chi connectivity index (χ1v) is 30.4. The lowest BCUT2D eigenvalue weighted by Crippen LogP contribution is -2.43. The summed E-state index contributed by atoms with van der Waals surface area (Å²) < 4.78 is 48.2. The van der Waals surface area contributed by atoms with E-state index in [-0.39, 0.29) is 6.04 Å². The highest BCUT2D eigenvalue weighted by Gasteiger charge is 2.37. The summed E-state index contributed by atoms with van der Waals surface area (Å²) in [6.07, 6.45) is 12.2. The topological polar surface area (TPSA) is 99.7 Å². The van der Waals surface area contributed by atoms with Gasteiger partial charge in [0.15, 0.2) is 9.84 Å². The molecule has 0 amide bonds. The van der Waals surface area contributed by atoms with Crippen molar-refractivity contribution in [3.05, 3.63) is 35.4 Å². The molecule has 4 unspecified atom stereocenters. The van der Waals surface area contributed by atoms with Gasteiger partial charge in [0, 0.05) is 99.9 Å². The lowest BCUT2D eigenvalue weighted by molar-refractivity contribution is 0.104. The largest absolute Gasteiger partial charge is 0.316 e. The van der Waals surface area contributed by atoms with Gasteiger partial charge >= 0.3 is 0 Å². The predicted octanol–water partition coefficient (Wildman–Crippen LogP) is 8.11. The summed E-state index contributed by atoms with van der Waals surface area (Å²) in [6, 6.07) is 14.2. The number of likely N-dealkylation sites (tertiary alicyclic amines) is 1. The Kier molecular flexibility index (Phi) is 24.1. The van der Waals surface area contributed by atoms with Crippen molar-refractivity contribution >= 4 is 31.8 Å². The number of fused-ring (bicyclic) bond motifs is 4. The van der Waals surface area contributed by atoms with E-state index < -0.39 is 19.9 Å². The summed E-state index contributed by atoms with van der Waals surface area (Å²) in [4.78, 5) is 10.1. The van der Waals surface area contributed by atoms with E-state index >= 15 is 0 Å². The van der Waals surface area contributed by atoms with E-state index in [0.717, 1.165) is 55.0 Å². The van der Waals surface area contributed by atoms with Crippen LogP contribution in [0.15, 0.2) is 24.3 Å². The van der Waals surface area contributed by atoms with E-state index in [4.69, 9.17) is 0 Å². The first kappa shape index (κ1) is 56.8. The van der Waals surface area contributed by atoms with Gasteiger partial charge in [0.1, 0.15) is 0 Å². The minimum atomic E-state index is -2.85. The predicted molar refractivity (Wildman–Crippen MR) is 279 cm³/mol. The van der Waals surface area contributed by atoms with Crippen LogP contribution in [0.25, 0.3) is 0 Å². The van der Waals surface area contributed by atoms with Crippen molar-refractivity contribution in [3.8, 4) is 0 Å². The molecule has 8 aliphatic heterocycles. The molecule has 1 aromatic rings. The first-order chi connectivity index (χ1) is 30.7. The molecule has 0 radical (unpaired) electrons. The molecule has 0 saturated carbocycles. The molecule has 1 aromatic carbocycles. The van der Waals surface area contributed by atoms with Crippen LogP contribution < -0.4 is 5.32 Å². The fraction of sp³-hybridized carbons (Fsp3) is 0.882. The van der Waals surface area contributed by atoms with E-state index in [1.807, 2.05) is 25.8 Å². The Balaban J connectivity index is 0.000000172. The standard InChI is InChI=1S/C12H17N.C10H20N2.C10H19N.C7H15NO2S.C6H13NO2S.C6H13NS/c1-10(2)13-8-7-11-5-3-4-6-12(11)9-13;1-8(2)12-4-3-9-5-11-6-10(9)7-12;1-8(2)11-9-4-3-5-10(11)7-6-9;1-7(2)8-3-5-11(9,10)6-4-8;1-6(2)7-4-3-5-10(7,8)9;1-6(2)7-4-3-5-8-7/h3-6,10H,7-9H2,1-2H3;8-11H,3-7H2,1-2H3;8-10H,3-7H2,1-2H3;7H,3-6H2,1-2H3;6H,3-5H2,1-2H3;6H,3-5H2,1-2H3. The number of hydrogen-bond donors (Lipinski definition) is 1. The number of rotatable bonds is 6. The normalized spacial score (nSPS) is 28.0. The van der Waals surface area contributed by atoms with E-state index in [1.54, 1.807) is 9.87 Å². The second-order valence-electron chi connectivity index (χ2n) is 21.6. The Morgan fingerprint density at radius 2 is 1.15 bits per heavy atom. The molecule has 0 aromatic heterocycles. The molecule has 65 heavy (non-hydrogen) atoms. The SMILES string of the molecule is CC(C)N1C2CCCC1CC2.CC(C)N1CCC2CNCC2C1.CC(C)N1CCCS1.CC(C)N1CCCS1(=O)=O.CC(C)N1CCS(=O)(=O)CC1.CC(C)N1CCc2ccccc2C1. The average molecular weight is 969 g/mol. The van der Waals surface area contributed by atoms with E-state index in [1.165, 1.54) is 102 Å². The fourth-order valence-corrected chi connectivity index (χ4v) is 14.9. The Bertz CT molecular complexity index is 1690. The van der Waals surface area contributed by atoms with Crippen LogP contribution in [0.2, 0.25) is 0 Å². The van der Waals surface area contributed by atoms with E-state index in [0.29, 0.717) is 49.0 Å². The molecule has 0 aliphatic carbocycles. The van der Waals surface area contributed by atoms with Gasteiger partial charge in [0.05, 0.1) is 17.3 Å². The van der Waals surface area contributed by atoms with Crippen molar-refractivity contribution < 1.29 is 16.8 Å². The number of nitrogens with one attached hydrogen (secondary N) is 1. The molecule has 378 valence electrons. The smallest absolute Gasteiger partial charge is 0.214 e. The van der Waals surface area contributed by atoms with Gasteiger partial charge in [0.2, 0.25) is 10.0 Å². The van der Waals surface area contributed by atoms with Gasteiger partial charge in [-0.05, 0) is 177 Å². The van der Waals surface area contributed by atoms with Crippen LogP contribution in [0, 0.1) is 11.8 Å². The molecule has 11 nitrogen and oxygen atoms in total. The molecule has 0 spiro atoms. The third-order valence-corrected chi connectivity index (χ3v) is 20.0. The summed E-state index contributed by atoms with van der Waals surface area (Å²) in [6.45, 7) is 37.3. The van der Waals surface area contributed by atoms with Crippen molar-refractivity contribution in [3.63, 3.8) is 0 Å². The number of benzene rings is 1. The van der Waals surface area contributed by atoms with Crippen molar-refractivity contribution in [1.82, 2.24) is 33.5 Å². The molecule has 4 atom stereocenters. The maximum absolute atomic E-state index is 11.1. The molecule has 8 aliphatic rings. The molecule has 8 heterocycles. The number of sulfone groups is 1. The number of hydrogen-bond acceptors (Lipinski definition) is 11. The van der Waals surface area contributed by atoms with Crippen LogP contribution >= 0.6 is 11.9 Å². The summed E-state index contributed by atoms with van der Waals surface area (Å²) in [7, 11) is -5.54. The number of sulfonamides is 1. The van der Waals surface area contributed by atoms with Gasteiger partial charge in [-0.2, -0.15) is 4.31 Å². The van der Waals surface area contributed by atoms with Crippen molar-refractivity contribution in [2.45, 2.75) is 196 Å². The van der Waals surface area contributed by atoms with Gasteiger partial charge in [-0.15, -0.1) is 0 Å². The minimum Gasteiger partial charge on any atom is -0.316 e. The second-order valence-corrected chi connectivity index (χ2v) is 27.1. The Morgan fingerprint density at radius 3 is 1.62 bits per heavy atom. The second kappa shape index (κ2) is 27.5. The minimum absolute atomic E-state index is 0.132. The molecule has 14 heteroatoms. The van der Waals surface area contributed by atoms with Crippen LogP contribution in [0.5, 0.6) is 0 Å². The highest BCUT2D eigenvalue weighted by Crippen LogP contribution is 2.36. The summed E-state index contributed by atoms with van der Waals surface area (Å²) >= 11 is 1.98. The van der Waals surface area contributed by atoms with Crippen LogP contribution in [0.4, 0.5) is 0 Å². The van der Waals surface area contributed by atoms with Gasteiger partial charge in [0.25, 0.3) is 0 Å². The first-order valence-electron chi connectivity index (χ1n) is 26.1. The molecule has 7 fully saturated rings. The quantitative estimate of drug-likeness (QED) is 0.280. The van der Waals surface area contributed by atoms with Crippen molar-refractivity contribution in [1.29, 1.82) is 0 Å². The summed E-state index contributed by atoms with van der Waals surface area (Å²) in [5, 5.41) is 3.50. The van der Waals surface area contributed by atoms with E-state index in [9.17, 15) is 16.8 Å².